The average molecular weight is 381 g/mol. The zero-order chi connectivity index (χ0) is 17.6. The van der Waals surface area contributed by atoms with Crippen LogP contribution in [-0.2, 0) is 6.18 Å². The third-order valence-electron chi connectivity index (χ3n) is 4.42. The Morgan fingerprint density at radius 3 is 2.48 bits per heavy atom. The van der Waals surface area contributed by atoms with Gasteiger partial charge in [0.1, 0.15) is 5.82 Å². The lowest BCUT2D eigenvalue weighted by atomic mass is 9.93. The van der Waals surface area contributed by atoms with Crippen LogP contribution in [0.1, 0.15) is 42.9 Å². The summed E-state index contributed by atoms with van der Waals surface area (Å²) in [5, 5.41) is 3.20. The van der Waals surface area contributed by atoms with Gasteiger partial charge in [-0.15, -0.1) is 19.0 Å². The highest BCUT2D eigenvalue weighted by atomic mass is 35.5. The number of piperazine rings is 1. The largest absolute Gasteiger partial charge is 0.419 e. The van der Waals surface area contributed by atoms with E-state index in [9.17, 15) is 17.6 Å². The van der Waals surface area contributed by atoms with Crippen molar-refractivity contribution in [3.05, 3.63) is 47.8 Å². The Morgan fingerprint density at radius 1 is 1.20 bits per heavy atom. The molecule has 0 radical (unpaired) electrons. The van der Waals surface area contributed by atoms with Crippen LogP contribution in [0.25, 0.3) is 0 Å². The second-order valence-electron chi connectivity index (χ2n) is 6.08. The van der Waals surface area contributed by atoms with Crippen molar-refractivity contribution in [1.29, 1.82) is 0 Å². The molecule has 0 spiro atoms. The van der Waals surface area contributed by atoms with E-state index in [4.69, 9.17) is 0 Å². The van der Waals surface area contributed by atoms with Crippen LogP contribution in [0.4, 0.5) is 17.6 Å². The number of alkyl halides is 3. The zero-order valence-corrected chi connectivity index (χ0v) is 14.9. The van der Waals surface area contributed by atoms with Crippen molar-refractivity contribution in [2.45, 2.75) is 37.9 Å². The van der Waals surface area contributed by atoms with Gasteiger partial charge in [0.05, 0.1) is 5.56 Å². The molecule has 142 valence electrons. The SMILES string of the molecule is C=CCCCC[C@H](c1cccc(F)c1C(F)(F)F)N1CCNCC1.Cl. The molecule has 7 heteroatoms. The van der Waals surface area contributed by atoms with Gasteiger partial charge in [0.15, 0.2) is 0 Å². The van der Waals surface area contributed by atoms with E-state index in [1.54, 1.807) is 0 Å². The molecule has 1 aliphatic rings. The van der Waals surface area contributed by atoms with E-state index in [0.29, 0.717) is 19.5 Å². The molecule has 1 aromatic rings. The second kappa shape index (κ2) is 10.1. The van der Waals surface area contributed by atoms with Gasteiger partial charge in [-0.05, 0) is 30.9 Å². The van der Waals surface area contributed by atoms with Crippen molar-refractivity contribution in [1.82, 2.24) is 10.2 Å². The Bertz CT molecular complexity index is 542. The van der Waals surface area contributed by atoms with Gasteiger partial charge >= 0.3 is 6.18 Å². The summed E-state index contributed by atoms with van der Waals surface area (Å²) in [7, 11) is 0. The van der Waals surface area contributed by atoms with E-state index < -0.39 is 23.6 Å². The smallest absolute Gasteiger partial charge is 0.314 e. The standard InChI is InChI=1S/C18H24F4N2.ClH/c1-2-3-4-5-9-16(24-12-10-23-11-13-24)14-7-6-8-15(19)17(14)18(20,21)22;/h2,6-8,16,23H,1,3-5,9-13H2;1H/t16-;/m1./s1. The Kier molecular flexibility index (Phi) is 8.89. The summed E-state index contributed by atoms with van der Waals surface area (Å²) in [5.74, 6) is -1.19. The third kappa shape index (κ3) is 5.97. The molecule has 2 nitrogen and oxygen atoms in total. The molecule has 25 heavy (non-hydrogen) atoms. The van der Waals surface area contributed by atoms with Gasteiger partial charge in [0.25, 0.3) is 0 Å². The van der Waals surface area contributed by atoms with Gasteiger partial charge in [-0.2, -0.15) is 13.2 Å². The van der Waals surface area contributed by atoms with E-state index in [2.05, 4.69) is 11.9 Å². The van der Waals surface area contributed by atoms with Crippen molar-refractivity contribution in [3.8, 4) is 0 Å². The number of hydrogen-bond acceptors (Lipinski definition) is 2. The molecular weight excluding hydrogens is 356 g/mol. The van der Waals surface area contributed by atoms with Gasteiger partial charge in [-0.1, -0.05) is 24.6 Å². The highest BCUT2D eigenvalue weighted by Crippen LogP contribution is 2.39. The number of unbranched alkanes of at least 4 members (excludes halogenated alkanes) is 2. The number of rotatable bonds is 7. The normalized spacial score (nSPS) is 17.0. The first-order valence-electron chi connectivity index (χ1n) is 8.36. The molecule has 0 aliphatic carbocycles. The Labute approximate surface area is 152 Å². The second-order valence-corrected chi connectivity index (χ2v) is 6.08. The van der Waals surface area contributed by atoms with Crippen molar-refractivity contribution >= 4 is 12.4 Å². The highest BCUT2D eigenvalue weighted by Gasteiger charge is 2.39. The van der Waals surface area contributed by atoms with Gasteiger partial charge in [-0.3, -0.25) is 4.90 Å². The van der Waals surface area contributed by atoms with Crippen LogP contribution in [0.2, 0.25) is 0 Å². The maximum atomic E-state index is 14.0. The maximum Gasteiger partial charge on any atom is 0.419 e. The molecule has 1 N–H and O–H groups in total. The van der Waals surface area contributed by atoms with Crippen LogP contribution in [0.3, 0.4) is 0 Å². The fraction of sp³-hybridized carbons (Fsp3) is 0.556. The molecule has 1 saturated heterocycles. The Morgan fingerprint density at radius 2 is 1.88 bits per heavy atom. The van der Waals surface area contributed by atoms with Crippen molar-refractivity contribution in [3.63, 3.8) is 0 Å². The molecular formula is C18H25ClF4N2. The maximum absolute atomic E-state index is 14.0. The first kappa shape index (κ1) is 21.9. The van der Waals surface area contributed by atoms with Crippen LogP contribution in [0, 0.1) is 5.82 Å². The molecule has 0 amide bonds. The summed E-state index contributed by atoms with van der Waals surface area (Å²) in [6.07, 6.45) is 0.207. The number of nitrogens with zero attached hydrogens (tertiary/aromatic N) is 1. The lowest BCUT2D eigenvalue weighted by Crippen LogP contribution is -2.45. The lowest BCUT2D eigenvalue weighted by Gasteiger charge is -2.36. The Balaban J connectivity index is 0.00000312. The molecule has 1 atom stereocenters. The Hall–Kier alpha value is -1.11. The van der Waals surface area contributed by atoms with E-state index in [-0.39, 0.29) is 18.0 Å². The predicted molar refractivity (Wildman–Crippen MR) is 94.5 cm³/mol. The highest BCUT2D eigenvalue weighted by molar-refractivity contribution is 5.85. The first-order chi connectivity index (χ1) is 11.4. The summed E-state index contributed by atoms with van der Waals surface area (Å²) >= 11 is 0. The monoisotopic (exact) mass is 380 g/mol. The van der Waals surface area contributed by atoms with Crippen molar-refractivity contribution in [2.75, 3.05) is 26.2 Å². The molecule has 1 heterocycles. The topological polar surface area (TPSA) is 15.3 Å². The molecule has 1 aromatic carbocycles. The molecule has 0 aromatic heterocycles. The van der Waals surface area contributed by atoms with E-state index in [0.717, 1.165) is 38.4 Å². The number of nitrogens with one attached hydrogen (secondary N) is 1. The summed E-state index contributed by atoms with van der Waals surface area (Å²) in [5.41, 5.74) is -1.06. The van der Waals surface area contributed by atoms with Gasteiger partial charge in [0.2, 0.25) is 0 Å². The lowest BCUT2D eigenvalue weighted by molar-refractivity contribution is -0.141. The van der Waals surface area contributed by atoms with Crippen molar-refractivity contribution in [2.24, 2.45) is 0 Å². The zero-order valence-electron chi connectivity index (χ0n) is 14.1. The molecule has 0 bridgehead atoms. The minimum absolute atomic E-state index is 0. The fourth-order valence-electron chi connectivity index (χ4n) is 3.27. The van der Waals surface area contributed by atoms with E-state index in [1.807, 2.05) is 11.0 Å². The molecule has 1 fully saturated rings. The van der Waals surface area contributed by atoms with Crippen LogP contribution >= 0.6 is 12.4 Å². The van der Waals surface area contributed by atoms with E-state index >= 15 is 0 Å². The number of benzene rings is 1. The number of allylic oxidation sites excluding steroid dienone is 1. The summed E-state index contributed by atoms with van der Waals surface area (Å²) in [6.45, 7) is 6.47. The molecule has 2 rings (SSSR count). The van der Waals surface area contributed by atoms with Crippen LogP contribution in [0.15, 0.2) is 30.9 Å². The van der Waals surface area contributed by atoms with Gasteiger partial charge in [0, 0.05) is 32.2 Å². The summed E-state index contributed by atoms with van der Waals surface area (Å²) in [6, 6.07) is 3.27. The summed E-state index contributed by atoms with van der Waals surface area (Å²) in [4.78, 5) is 2.04. The van der Waals surface area contributed by atoms with Gasteiger partial charge < -0.3 is 5.32 Å². The average Bonchev–Trinajstić information content (AvgIpc) is 2.54. The van der Waals surface area contributed by atoms with Gasteiger partial charge in [-0.25, -0.2) is 4.39 Å². The predicted octanol–water partition coefficient (Wildman–Crippen LogP) is 4.96. The van der Waals surface area contributed by atoms with Crippen LogP contribution in [-0.4, -0.2) is 31.1 Å². The molecule has 0 unspecified atom stereocenters. The van der Waals surface area contributed by atoms with E-state index in [1.165, 1.54) is 12.1 Å². The van der Waals surface area contributed by atoms with Crippen LogP contribution < -0.4 is 5.32 Å². The molecule has 0 saturated carbocycles. The quantitative estimate of drug-likeness (QED) is 0.408. The third-order valence-corrected chi connectivity index (χ3v) is 4.42. The summed E-state index contributed by atoms with van der Waals surface area (Å²) < 4.78 is 54.1. The van der Waals surface area contributed by atoms with Crippen molar-refractivity contribution < 1.29 is 17.6 Å². The first-order valence-corrected chi connectivity index (χ1v) is 8.36. The van der Waals surface area contributed by atoms with Crippen LogP contribution in [0.5, 0.6) is 0 Å². The molecule has 1 aliphatic heterocycles. The number of halogens is 5. The minimum Gasteiger partial charge on any atom is -0.314 e. The number of hydrogen-bond donors (Lipinski definition) is 1. The fourth-order valence-corrected chi connectivity index (χ4v) is 3.27. The minimum atomic E-state index is -4.69.